The van der Waals surface area contributed by atoms with Crippen LogP contribution in [-0.2, 0) is 0 Å². The Morgan fingerprint density at radius 1 is 1.30 bits per heavy atom. The van der Waals surface area contributed by atoms with Gasteiger partial charge in [-0.2, -0.15) is 0 Å². The number of amides is 1. The number of anilines is 1. The van der Waals surface area contributed by atoms with Crippen LogP contribution in [0.4, 0.5) is 10.1 Å². The van der Waals surface area contributed by atoms with E-state index in [1.54, 1.807) is 37.3 Å². The molecule has 0 aliphatic rings. The molecular weight excluding hydrogens is 325 g/mol. The Kier molecular flexibility index (Phi) is 4.39. The van der Waals surface area contributed by atoms with Gasteiger partial charge in [-0.05, 0) is 53.2 Å². The van der Waals surface area contributed by atoms with Crippen molar-refractivity contribution >= 4 is 27.5 Å². The van der Waals surface area contributed by atoms with E-state index in [4.69, 9.17) is 4.74 Å². The Hall–Kier alpha value is -1.88. The van der Waals surface area contributed by atoms with Gasteiger partial charge in [0.2, 0.25) is 0 Å². The summed E-state index contributed by atoms with van der Waals surface area (Å²) in [5, 5.41) is 2.69. The number of hydrogen-bond donors (Lipinski definition) is 1. The van der Waals surface area contributed by atoms with Gasteiger partial charge in [-0.1, -0.05) is 6.07 Å². The van der Waals surface area contributed by atoms with Crippen LogP contribution in [0.25, 0.3) is 0 Å². The summed E-state index contributed by atoms with van der Waals surface area (Å²) in [7, 11) is 1.53. The molecule has 0 bridgehead atoms. The standard InChI is InChI=1S/C15H13BrFNO2/c1-9-13(17)4-3-5-14(9)18-15(19)11-8-10(20-2)6-7-12(11)16/h3-8H,1-2H3,(H,18,19). The first-order valence-electron chi connectivity index (χ1n) is 5.93. The molecule has 0 aliphatic carbocycles. The summed E-state index contributed by atoms with van der Waals surface area (Å²) in [4.78, 5) is 12.2. The molecule has 3 nitrogen and oxygen atoms in total. The highest BCUT2D eigenvalue weighted by Crippen LogP contribution is 2.24. The second-order valence-electron chi connectivity index (χ2n) is 4.21. The average Bonchev–Trinajstić information content (AvgIpc) is 2.44. The van der Waals surface area contributed by atoms with E-state index in [1.165, 1.54) is 13.2 Å². The van der Waals surface area contributed by atoms with Crippen LogP contribution in [0.3, 0.4) is 0 Å². The summed E-state index contributed by atoms with van der Waals surface area (Å²) in [6, 6.07) is 9.66. The maximum atomic E-state index is 13.4. The lowest BCUT2D eigenvalue weighted by Crippen LogP contribution is -2.14. The van der Waals surface area contributed by atoms with Crippen LogP contribution in [0.1, 0.15) is 15.9 Å². The average molecular weight is 338 g/mol. The molecule has 2 rings (SSSR count). The number of nitrogens with one attached hydrogen (secondary N) is 1. The first-order valence-corrected chi connectivity index (χ1v) is 6.72. The molecular formula is C15H13BrFNO2. The van der Waals surface area contributed by atoms with Crippen LogP contribution >= 0.6 is 15.9 Å². The van der Waals surface area contributed by atoms with Crippen molar-refractivity contribution in [2.75, 3.05) is 12.4 Å². The van der Waals surface area contributed by atoms with Gasteiger partial charge in [-0.25, -0.2) is 4.39 Å². The molecule has 5 heteroatoms. The monoisotopic (exact) mass is 337 g/mol. The SMILES string of the molecule is COc1ccc(Br)c(C(=O)Nc2cccc(F)c2C)c1. The third-order valence-corrected chi connectivity index (χ3v) is 3.63. The molecule has 0 aromatic heterocycles. The zero-order valence-electron chi connectivity index (χ0n) is 11.0. The summed E-state index contributed by atoms with van der Waals surface area (Å²) in [5.74, 6) is -0.105. The smallest absolute Gasteiger partial charge is 0.256 e. The minimum atomic E-state index is -0.354. The fourth-order valence-corrected chi connectivity index (χ4v) is 2.16. The maximum absolute atomic E-state index is 13.4. The van der Waals surface area contributed by atoms with Gasteiger partial charge in [-0.3, -0.25) is 4.79 Å². The molecule has 0 fully saturated rings. The van der Waals surface area contributed by atoms with Crippen molar-refractivity contribution in [3.8, 4) is 5.75 Å². The lowest BCUT2D eigenvalue weighted by molar-refractivity contribution is 0.102. The number of methoxy groups -OCH3 is 1. The molecule has 0 atom stereocenters. The molecule has 0 saturated carbocycles. The Morgan fingerprint density at radius 2 is 2.05 bits per heavy atom. The fraction of sp³-hybridized carbons (Fsp3) is 0.133. The van der Waals surface area contributed by atoms with Gasteiger partial charge in [0.05, 0.1) is 12.7 Å². The molecule has 2 aromatic carbocycles. The van der Waals surface area contributed by atoms with Crippen LogP contribution in [0.5, 0.6) is 5.75 Å². The van der Waals surface area contributed by atoms with E-state index in [9.17, 15) is 9.18 Å². The van der Waals surface area contributed by atoms with Crippen LogP contribution in [0, 0.1) is 12.7 Å². The molecule has 0 aliphatic heterocycles. The highest BCUT2D eigenvalue weighted by Gasteiger charge is 2.13. The Balaban J connectivity index is 2.30. The van der Waals surface area contributed by atoms with Crippen molar-refractivity contribution in [3.63, 3.8) is 0 Å². The van der Waals surface area contributed by atoms with Gasteiger partial charge in [0.1, 0.15) is 11.6 Å². The van der Waals surface area contributed by atoms with E-state index in [2.05, 4.69) is 21.2 Å². The van der Waals surface area contributed by atoms with E-state index in [0.717, 1.165) is 0 Å². The van der Waals surface area contributed by atoms with E-state index in [0.29, 0.717) is 27.0 Å². The molecule has 1 N–H and O–H groups in total. The normalized spacial score (nSPS) is 10.2. The number of carbonyl (C=O) groups excluding carboxylic acids is 1. The van der Waals surface area contributed by atoms with Gasteiger partial charge in [0.25, 0.3) is 5.91 Å². The van der Waals surface area contributed by atoms with Gasteiger partial charge >= 0.3 is 0 Å². The van der Waals surface area contributed by atoms with Crippen LogP contribution < -0.4 is 10.1 Å². The molecule has 20 heavy (non-hydrogen) atoms. The van der Waals surface area contributed by atoms with E-state index >= 15 is 0 Å². The number of halogens is 2. The molecule has 0 unspecified atom stereocenters. The molecule has 0 heterocycles. The van der Waals surface area contributed by atoms with Gasteiger partial charge < -0.3 is 10.1 Å². The van der Waals surface area contributed by atoms with Crippen LogP contribution in [0.15, 0.2) is 40.9 Å². The topological polar surface area (TPSA) is 38.3 Å². The lowest BCUT2D eigenvalue weighted by Gasteiger charge is -2.11. The largest absolute Gasteiger partial charge is 0.497 e. The molecule has 2 aromatic rings. The van der Waals surface area contributed by atoms with Crippen molar-refractivity contribution in [1.29, 1.82) is 0 Å². The highest BCUT2D eigenvalue weighted by atomic mass is 79.9. The number of hydrogen-bond acceptors (Lipinski definition) is 2. The van der Waals surface area contributed by atoms with Crippen molar-refractivity contribution < 1.29 is 13.9 Å². The molecule has 0 radical (unpaired) electrons. The van der Waals surface area contributed by atoms with Gasteiger partial charge in [-0.15, -0.1) is 0 Å². The number of carbonyl (C=O) groups is 1. The minimum absolute atomic E-state index is 0.329. The Bertz CT molecular complexity index is 658. The predicted molar refractivity (Wildman–Crippen MR) is 79.8 cm³/mol. The van der Waals surface area contributed by atoms with Crippen molar-refractivity contribution in [1.82, 2.24) is 0 Å². The molecule has 0 spiro atoms. The summed E-state index contributed by atoms with van der Waals surface area (Å²) < 4.78 is 19.2. The Labute approximate surface area is 124 Å². The molecule has 104 valence electrons. The number of benzene rings is 2. The third kappa shape index (κ3) is 2.99. The maximum Gasteiger partial charge on any atom is 0.256 e. The Morgan fingerprint density at radius 3 is 2.75 bits per heavy atom. The van der Waals surface area contributed by atoms with Crippen molar-refractivity contribution in [3.05, 3.63) is 57.8 Å². The number of ether oxygens (including phenoxy) is 1. The second-order valence-corrected chi connectivity index (χ2v) is 5.07. The summed E-state index contributed by atoms with van der Waals surface area (Å²) in [6.07, 6.45) is 0. The first-order chi connectivity index (χ1) is 9.52. The minimum Gasteiger partial charge on any atom is -0.497 e. The third-order valence-electron chi connectivity index (χ3n) is 2.93. The second kappa shape index (κ2) is 6.05. The quantitative estimate of drug-likeness (QED) is 0.913. The highest BCUT2D eigenvalue weighted by molar-refractivity contribution is 9.10. The van der Waals surface area contributed by atoms with E-state index in [-0.39, 0.29) is 11.7 Å². The fourth-order valence-electron chi connectivity index (χ4n) is 1.74. The number of rotatable bonds is 3. The molecule has 0 saturated heterocycles. The van der Waals surface area contributed by atoms with Gasteiger partial charge in [0, 0.05) is 15.7 Å². The first kappa shape index (κ1) is 14.5. The summed E-state index contributed by atoms with van der Waals surface area (Å²) >= 11 is 3.32. The van der Waals surface area contributed by atoms with Crippen molar-refractivity contribution in [2.45, 2.75) is 6.92 Å². The predicted octanol–water partition coefficient (Wildman–Crippen LogP) is 4.16. The van der Waals surface area contributed by atoms with E-state index in [1.807, 2.05) is 0 Å². The lowest BCUT2D eigenvalue weighted by atomic mass is 10.1. The summed E-state index contributed by atoms with van der Waals surface area (Å²) in [5.41, 5.74) is 1.28. The van der Waals surface area contributed by atoms with E-state index < -0.39 is 0 Å². The molecule has 1 amide bonds. The van der Waals surface area contributed by atoms with Crippen molar-refractivity contribution in [2.24, 2.45) is 0 Å². The van der Waals surface area contributed by atoms with Gasteiger partial charge in [0.15, 0.2) is 0 Å². The summed E-state index contributed by atoms with van der Waals surface area (Å²) in [6.45, 7) is 1.62. The van der Waals surface area contributed by atoms with Crippen LogP contribution in [0.2, 0.25) is 0 Å². The zero-order chi connectivity index (χ0) is 14.7. The van der Waals surface area contributed by atoms with Crippen LogP contribution in [-0.4, -0.2) is 13.0 Å². The zero-order valence-corrected chi connectivity index (χ0v) is 12.6.